The van der Waals surface area contributed by atoms with E-state index in [4.69, 9.17) is 4.52 Å². The molecule has 0 spiro atoms. The van der Waals surface area contributed by atoms with Crippen molar-refractivity contribution in [3.8, 4) is 0 Å². The van der Waals surface area contributed by atoms with Crippen LogP contribution in [0.25, 0.3) is 0 Å². The molecule has 0 fully saturated rings. The largest absolute Gasteiger partial charge is 0.360 e. The van der Waals surface area contributed by atoms with Gasteiger partial charge < -0.3 is 9.84 Å². The van der Waals surface area contributed by atoms with E-state index in [-0.39, 0.29) is 28.6 Å². The van der Waals surface area contributed by atoms with E-state index in [9.17, 15) is 17.6 Å². The summed E-state index contributed by atoms with van der Waals surface area (Å²) in [5, 5.41) is 6.24. The van der Waals surface area contributed by atoms with Crippen molar-refractivity contribution < 1.29 is 22.1 Å². The van der Waals surface area contributed by atoms with Gasteiger partial charge in [0.1, 0.15) is 11.6 Å². The molecule has 1 heterocycles. The number of aryl methyl sites for hydroxylation is 1. The molecule has 0 bridgehead atoms. The lowest BCUT2D eigenvalue weighted by Gasteiger charge is -2.08. The number of anilines is 1. The molecule has 7 nitrogen and oxygen atoms in total. The fourth-order valence-corrected chi connectivity index (χ4v) is 3.33. The zero-order valence-corrected chi connectivity index (χ0v) is 15.1. The van der Waals surface area contributed by atoms with E-state index >= 15 is 0 Å². The number of rotatable bonds is 6. The molecule has 0 radical (unpaired) electrons. The molecule has 27 heavy (non-hydrogen) atoms. The Morgan fingerprint density at radius 2 is 1.89 bits per heavy atom. The predicted molar refractivity (Wildman–Crippen MR) is 96.1 cm³/mol. The zero-order chi connectivity index (χ0) is 19.4. The number of hydrogen-bond acceptors (Lipinski definition) is 5. The van der Waals surface area contributed by atoms with Crippen molar-refractivity contribution in [3.05, 3.63) is 77.3 Å². The number of nitrogens with zero attached hydrogens (tertiary/aromatic N) is 1. The number of nitrogens with one attached hydrogen (secondary N) is 2. The molecule has 0 aliphatic heterocycles. The molecular weight excluding hydrogens is 373 g/mol. The number of carbonyl (C=O) groups is 1. The Bertz CT molecular complexity index is 1060. The van der Waals surface area contributed by atoms with Crippen LogP contribution in [0.5, 0.6) is 0 Å². The summed E-state index contributed by atoms with van der Waals surface area (Å²) in [6, 6.07) is 12.7. The highest BCUT2D eigenvalue weighted by molar-refractivity contribution is 7.92. The number of carbonyl (C=O) groups excluding carboxylic acids is 1. The highest BCUT2D eigenvalue weighted by atomic mass is 32.2. The van der Waals surface area contributed by atoms with E-state index in [1.165, 1.54) is 42.5 Å². The predicted octanol–water partition coefficient (Wildman–Crippen LogP) is 2.85. The highest BCUT2D eigenvalue weighted by Crippen LogP contribution is 2.17. The fraction of sp³-hybridized carbons (Fsp3) is 0.111. The van der Waals surface area contributed by atoms with Crippen LogP contribution in [-0.2, 0) is 16.6 Å². The molecule has 9 heteroatoms. The lowest BCUT2D eigenvalue weighted by Crippen LogP contribution is -2.23. The number of halogens is 1. The monoisotopic (exact) mass is 389 g/mol. The van der Waals surface area contributed by atoms with Gasteiger partial charge in [-0.2, -0.15) is 0 Å². The molecular formula is C18H16FN3O4S. The van der Waals surface area contributed by atoms with Crippen molar-refractivity contribution in [2.24, 2.45) is 0 Å². The number of aromatic nitrogens is 1. The molecule has 0 aliphatic rings. The summed E-state index contributed by atoms with van der Waals surface area (Å²) < 4.78 is 44.9. The van der Waals surface area contributed by atoms with Gasteiger partial charge in [-0.1, -0.05) is 23.4 Å². The fourth-order valence-electron chi connectivity index (χ4n) is 2.30. The van der Waals surface area contributed by atoms with Crippen molar-refractivity contribution in [3.63, 3.8) is 0 Å². The first-order valence-corrected chi connectivity index (χ1v) is 9.41. The average molecular weight is 389 g/mol. The first-order valence-electron chi connectivity index (χ1n) is 7.92. The number of benzene rings is 2. The molecule has 0 unspecified atom stereocenters. The van der Waals surface area contributed by atoms with Crippen LogP contribution in [0.4, 0.5) is 10.2 Å². The Hall–Kier alpha value is -3.20. The Kier molecular flexibility index (Phi) is 5.22. The van der Waals surface area contributed by atoms with Crippen molar-refractivity contribution in [1.82, 2.24) is 10.5 Å². The van der Waals surface area contributed by atoms with E-state index in [1.807, 2.05) is 0 Å². The second kappa shape index (κ2) is 7.58. The van der Waals surface area contributed by atoms with Crippen molar-refractivity contribution in [1.29, 1.82) is 0 Å². The molecule has 0 saturated carbocycles. The van der Waals surface area contributed by atoms with Gasteiger partial charge in [0.2, 0.25) is 0 Å². The SMILES string of the molecule is Cc1cc(NS(=O)(=O)c2cccc(C(=O)NCc3ccc(F)cc3)c2)no1. The van der Waals surface area contributed by atoms with Gasteiger partial charge in [-0.3, -0.25) is 9.52 Å². The minimum absolute atomic E-state index is 0.0543. The Morgan fingerprint density at radius 3 is 2.56 bits per heavy atom. The lowest BCUT2D eigenvalue weighted by molar-refractivity contribution is 0.0950. The molecule has 2 N–H and O–H groups in total. The Labute approximate surface area is 155 Å². The lowest BCUT2D eigenvalue weighted by atomic mass is 10.2. The third-order valence-corrected chi connectivity index (χ3v) is 4.99. The van der Waals surface area contributed by atoms with E-state index < -0.39 is 15.9 Å². The minimum Gasteiger partial charge on any atom is -0.360 e. The smallest absolute Gasteiger partial charge is 0.263 e. The van der Waals surface area contributed by atoms with Crippen molar-refractivity contribution in [2.75, 3.05) is 4.72 Å². The summed E-state index contributed by atoms with van der Waals surface area (Å²) in [6.45, 7) is 1.82. The summed E-state index contributed by atoms with van der Waals surface area (Å²) in [6.07, 6.45) is 0. The van der Waals surface area contributed by atoms with Gasteiger partial charge in [-0.25, -0.2) is 12.8 Å². The number of sulfonamides is 1. The second-order valence-corrected chi connectivity index (χ2v) is 7.45. The van der Waals surface area contributed by atoms with Crippen LogP contribution in [0.3, 0.4) is 0 Å². The maximum Gasteiger partial charge on any atom is 0.263 e. The van der Waals surface area contributed by atoms with Gasteiger partial charge in [0.25, 0.3) is 15.9 Å². The van der Waals surface area contributed by atoms with E-state index in [0.29, 0.717) is 5.76 Å². The van der Waals surface area contributed by atoms with Gasteiger partial charge in [0.15, 0.2) is 5.82 Å². The van der Waals surface area contributed by atoms with Crippen LogP contribution < -0.4 is 10.0 Å². The van der Waals surface area contributed by atoms with Gasteiger partial charge in [0.05, 0.1) is 4.90 Å². The van der Waals surface area contributed by atoms with Crippen molar-refractivity contribution >= 4 is 21.7 Å². The molecule has 3 rings (SSSR count). The standard InChI is InChI=1S/C18H16FN3O4S/c1-12-9-17(21-26-12)22-27(24,25)16-4-2-3-14(10-16)18(23)20-11-13-5-7-15(19)8-6-13/h2-10H,11H2,1H3,(H,20,23)(H,21,22). The van der Waals surface area contributed by atoms with Crippen LogP contribution in [0.2, 0.25) is 0 Å². The van der Waals surface area contributed by atoms with Crippen LogP contribution in [0.15, 0.2) is 64.0 Å². The van der Waals surface area contributed by atoms with Crippen LogP contribution >= 0.6 is 0 Å². The topological polar surface area (TPSA) is 101 Å². The van der Waals surface area contributed by atoms with E-state index in [2.05, 4.69) is 15.2 Å². The summed E-state index contributed by atoms with van der Waals surface area (Å²) in [5.74, 6) is -0.299. The summed E-state index contributed by atoms with van der Waals surface area (Å²) in [4.78, 5) is 12.2. The Morgan fingerprint density at radius 1 is 1.15 bits per heavy atom. The third-order valence-electron chi connectivity index (χ3n) is 3.64. The van der Waals surface area contributed by atoms with Crippen LogP contribution in [-0.4, -0.2) is 19.5 Å². The average Bonchev–Trinajstić information content (AvgIpc) is 3.05. The normalized spacial score (nSPS) is 11.2. The van der Waals surface area contributed by atoms with Gasteiger partial charge in [-0.15, -0.1) is 0 Å². The molecule has 0 saturated heterocycles. The third kappa shape index (κ3) is 4.70. The molecule has 140 valence electrons. The first-order chi connectivity index (χ1) is 12.8. The highest BCUT2D eigenvalue weighted by Gasteiger charge is 2.18. The molecule has 0 aliphatic carbocycles. The second-order valence-electron chi connectivity index (χ2n) is 5.77. The van der Waals surface area contributed by atoms with Crippen molar-refractivity contribution in [2.45, 2.75) is 18.4 Å². The molecule has 2 aromatic carbocycles. The minimum atomic E-state index is -3.92. The maximum absolute atomic E-state index is 12.9. The Balaban J connectivity index is 1.72. The van der Waals surface area contributed by atoms with E-state index in [0.717, 1.165) is 5.56 Å². The number of amides is 1. The molecule has 3 aromatic rings. The molecule has 1 aromatic heterocycles. The van der Waals surface area contributed by atoms with Gasteiger partial charge in [-0.05, 0) is 42.8 Å². The van der Waals surface area contributed by atoms with Gasteiger partial charge in [0, 0.05) is 18.2 Å². The van der Waals surface area contributed by atoms with E-state index in [1.54, 1.807) is 19.1 Å². The summed E-state index contributed by atoms with van der Waals surface area (Å²) in [5.41, 5.74) is 0.896. The first kappa shape index (κ1) is 18.6. The van der Waals surface area contributed by atoms with Crippen LogP contribution in [0, 0.1) is 12.7 Å². The van der Waals surface area contributed by atoms with Crippen LogP contribution in [0.1, 0.15) is 21.7 Å². The summed E-state index contributed by atoms with van der Waals surface area (Å²) in [7, 11) is -3.92. The molecule has 1 amide bonds. The summed E-state index contributed by atoms with van der Waals surface area (Å²) >= 11 is 0. The quantitative estimate of drug-likeness (QED) is 0.675. The molecule has 0 atom stereocenters. The zero-order valence-electron chi connectivity index (χ0n) is 14.3. The van der Waals surface area contributed by atoms with Gasteiger partial charge >= 0.3 is 0 Å². The maximum atomic E-state index is 12.9. The number of hydrogen-bond donors (Lipinski definition) is 2.